The summed E-state index contributed by atoms with van der Waals surface area (Å²) < 4.78 is 21.4. The fourth-order valence-corrected chi connectivity index (χ4v) is 3.30. The lowest BCUT2D eigenvalue weighted by Crippen LogP contribution is -2.44. The van der Waals surface area contributed by atoms with E-state index in [0.29, 0.717) is 35.2 Å². The number of amides is 2. The summed E-state index contributed by atoms with van der Waals surface area (Å²) in [5.41, 5.74) is 1.10. The third-order valence-corrected chi connectivity index (χ3v) is 5.27. The van der Waals surface area contributed by atoms with E-state index in [4.69, 9.17) is 18.9 Å². The van der Waals surface area contributed by atoms with E-state index < -0.39 is 17.8 Å². The molecule has 9 heteroatoms. The second kappa shape index (κ2) is 13.3. The molecule has 1 aliphatic rings. The maximum Gasteiger partial charge on any atom is 0.302 e. The van der Waals surface area contributed by atoms with Crippen LogP contribution >= 0.6 is 0 Å². The van der Waals surface area contributed by atoms with Crippen molar-refractivity contribution in [2.24, 2.45) is 5.92 Å². The van der Waals surface area contributed by atoms with Gasteiger partial charge in [-0.15, -0.1) is 0 Å². The molecule has 1 aliphatic heterocycles. The van der Waals surface area contributed by atoms with E-state index >= 15 is 0 Å². The second-order valence-electron chi connectivity index (χ2n) is 8.33. The predicted octanol–water partition coefficient (Wildman–Crippen LogP) is 3.29. The average Bonchev–Trinajstić information content (AvgIpc) is 2.81. The van der Waals surface area contributed by atoms with Gasteiger partial charge in [0.1, 0.15) is 18.2 Å². The zero-order chi connectivity index (χ0) is 26.0. The minimum absolute atomic E-state index is 0.0417. The van der Waals surface area contributed by atoms with Gasteiger partial charge in [0, 0.05) is 12.5 Å². The lowest BCUT2D eigenvalue weighted by molar-refractivity contribution is -0.142. The molecule has 0 bridgehead atoms. The van der Waals surface area contributed by atoms with Gasteiger partial charge in [-0.3, -0.25) is 19.3 Å². The van der Waals surface area contributed by atoms with Crippen LogP contribution in [-0.4, -0.2) is 62.8 Å². The van der Waals surface area contributed by atoms with E-state index in [1.165, 1.54) is 14.0 Å². The Bertz CT molecular complexity index is 1050. The van der Waals surface area contributed by atoms with Crippen molar-refractivity contribution in [3.8, 4) is 17.6 Å². The normalized spacial score (nSPS) is 15.0. The molecule has 1 aromatic carbocycles. The predicted molar refractivity (Wildman–Crippen MR) is 128 cm³/mol. The Kier molecular flexibility index (Phi) is 10.5. The van der Waals surface area contributed by atoms with E-state index in [0.717, 1.165) is 11.3 Å². The van der Waals surface area contributed by atoms with Crippen molar-refractivity contribution < 1.29 is 33.3 Å². The fraction of sp³-hybridized carbons (Fsp3) is 0.462. The molecule has 0 N–H and O–H groups in total. The van der Waals surface area contributed by atoms with Crippen molar-refractivity contribution in [3.05, 3.63) is 40.5 Å². The molecule has 0 atom stereocenters. The third kappa shape index (κ3) is 7.69. The quantitative estimate of drug-likeness (QED) is 0.192. The number of hydrogen-bond acceptors (Lipinski definition) is 8. The number of benzene rings is 1. The molecule has 2 rings (SSSR count). The molecule has 2 amide bonds. The van der Waals surface area contributed by atoms with Crippen LogP contribution in [0.25, 0.3) is 6.08 Å². The molecule has 0 aliphatic carbocycles. The number of rotatable bonds is 12. The monoisotopic (exact) mass is 484 g/mol. The fourth-order valence-electron chi connectivity index (χ4n) is 3.30. The van der Waals surface area contributed by atoms with Crippen LogP contribution in [0.2, 0.25) is 0 Å². The molecule has 9 nitrogen and oxygen atoms in total. The number of carbonyl (C=O) groups excluding carboxylic acids is 3. The molecule has 188 valence electrons. The van der Waals surface area contributed by atoms with Gasteiger partial charge < -0.3 is 18.9 Å². The van der Waals surface area contributed by atoms with Gasteiger partial charge in [-0.1, -0.05) is 19.9 Å². The maximum absolute atomic E-state index is 13.2. The number of esters is 1. The van der Waals surface area contributed by atoms with Crippen LogP contribution in [0.1, 0.15) is 39.7 Å². The lowest BCUT2D eigenvalue weighted by atomic mass is 9.93. The van der Waals surface area contributed by atoms with Crippen LogP contribution in [-0.2, 0) is 23.9 Å². The topological polar surface area (TPSA) is 115 Å². The molecule has 35 heavy (non-hydrogen) atoms. The highest BCUT2D eigenvalue weighted by Gasteiger charge is 2.35. The molecule has 0 saturated carbocycles. The SMILES string of the molecule is COc1cc(/C=C2/C(=O)N(CCOCCOC(C)=O)C(=O)C(C#N)=C2C)ccc1OCCC(C)C. The molecule has 0 unspecified atom stereocenters. The zero-order valence-corrected chi connectivity index (χ0v) is 20.9. The minimum atomic E-state index is -0.665. The first-order valence-electron chi connectivity index (χ1n) is 11.4. The Morgan fingerprint density at radius 3 is 2.49 bits per heavy atom. The highest BCUT2D eigenvalue weighted by Crippen LogP contribution is 2.32. The first-order valence-corrected chi connectivity index (χ1v) is 11.4. The van der Waals surface area contributed by atoms with Crippen LogP contribution < -0.4 is 9.47 Å². The summed E-state index contributed by atoms with van der Waals surface area (Å²) in [5.74, 6) is 0.0151. The second-order valence-corrected chi connectivity index (χ2v) is 8.33. The average molecular weight is 485 g/mol. The molecule has 0 spiro atoms. The number of carbonyl (C=O) groups is 3. The smallest absolute Gasteiger partial charge is 0.302 e. The first-order chi connectivity index (χ1) is 16.7. The molecule has 0 fully saturated rings. The zero-order valence-electron chi connectivity index (χ0n) is 20.9. The van der Waals surface area contributed by atoms with Gasteiger partial charge in [0.25, 0.3) is 11.8 Å². The number of hydrogen-bond donors (Lipinski definition) is 0. The Morgan fingerprint density at radius 1 is 1.11 bits per heavy atom. The van der Waals surface area contributed by atoms with Crippen molar-refractivity contribution in [1.82, 2.24) is 4.90 Å². The minimum Gasteiger partial charge on any atom is -0.493 e. The van der Waals surface area contributed by atoms with Crippen LogP contribution in [0, 0.1) is 17.2 Å². The summed E-state index contributed by atoms with van der Waals surface area (Å²) >= 11 is 0. The molecule has 0 radical (unpaired) electrons. The summed E-state index contributed by atoms with van der Waals surface area (Å²) in [7, 11) is 1.54. The van der Waals surface area contributed by atoms with Crippen molar-refractivity contribution in [3.63, 3.8) is 0 Å². The highest BCUT2D eigenvalue weighted by molar-refractivity contribution is 6.19. The number of nitrogens with zero attached hydrogens (tertiary/aromatic N) is 2. The maximum atomic E-state index is 13.2. The number of methoxy groups -OCH3 is 1. The molecule has 0 saturated heterocycles. The van der Waals surface area contributed by atoms with Crippen molar-refractivity contribution in [2.45, 2.75) is 34.1 Å². The summed E-state index contributed by atoms with van der Waals surface area (Å²) in [6, 6.07) is 7.20. The van der Waals surface area contributed by atoms with Crippen LogP contribution in [0.5, 0.6) is 11.5 Å². The highest BCUT2D eigenvalue weighted by atomic mass is 16.6. The van der Waals surface area contributed by atoms with Gasteiger partial charge in [-0.05, 0) is 48.6 Å². The molecule has 1 aromatic rings. The standard InChI is InChI=1S/C26H32N2O7/c1-17(2)8-10-35-23-7-6-20(15-24(23)32-5)14-21-18(3)22(16-27)26(31)28(25(21)30)9-11-33-12-13-34-19(4)29/h6-7,14-15,17H,8-13H2,1-5H3/b21-14+. The van der Waals surface area contributed by atoms with Crippen molar-refractivity contribution in [2.75, 3.05) is 40.1 Å². The molecular weight excluding hydrogens is 452 g/mol. The number of imide groups is 1. The summed E-state index contributed by atoms with van der Waals surface area (Å²) in [5, 5.41) is 9.54. The van der Waals surface area contributed by atoms with Gasteiger partial charge in [-0.2, -0.15) is 5.26 Å². The molecule has 1 heterocycles. The van der Waals surface area contributed by atoms with Gasteiger partial charge in [-0.25, -0.2) is 0 Å². The Labute approximate surface area is 205 Å². The van der Waals surface area contributed by atoms with Gasteiger partial charge >= 0.3 is 5.97 Å². The third-order valence-electron chi connectivity index (χ3n) is 5.27. The van der Waals surface area contributed by atoms with E-state index in [-0.39, 0.29) is 37.5 Å². The van der Waals surface area contributed by atoms with E-state index in [1.54, 1.807) is 31.2 Å². The lowest BCUT2D eigenvalue weighted by Gasteiger charge is -2.27. The van der Waals surface area contributed by atoms with Gasteiger partial charge in [0.15, 0.2) is 11.5 Å². The summed E-state index contributed by atoms with van der Waals surface area (Å²) in [4.78, 5) is 37.7. The van der Waals surface area contributed by atoms with Crippen molar-refractivity contribution >= 4 is 23.9 Å². The van der Waals surface area contributed by atoms with Crippen molar-refractivity contribution in [1.29, 1.82) is 5.26 Å². The summed E-state index contributed by atoms with van der Waals surface area (Å²) in [6.45, 7) is 7.86. The number of ether oxygens (including phenoxy) is 4. The van der Waals surface area contributed by atoms with Gasteiger partial charge in [0.05, 0.1) is 33.5 Å². The van der Waals surface area contributed by atoms with Gasteiger partial charge in [0.2, 0.25) is 0 Å². The number of nitriles is 1. The van der Waals surface area contributed by atoms with E-state index in [1.807, 2.05) is 6.07 Å². The Hall–Kier alpha value is -3.64. The molecule has 0 aromatic heterocycles. The Balaban J connectivity index is 2.22. The van der Waals surface area contributed by atoms with E-state index in [9.17, 15) is 19.6 Å². The van der Waals surface area contributed by atoms with E-state index in [2.05, 4.69) is 13.8 Å². The van der Waals surface area contributed by atoms with Crippen LogP contribution in [0.3, 0.4) is 0 Å². The first kappa shape index (κ1) is 27.6. The van der Waals surface area contributed by atoms with Crippen LogP contribution in [0.4, 0.5) is 0 Å². The Morgan fingerprint density at radius 2 is 1.86 bits per heavy atom. The summed E-state index contributed by atoms with van der Waals surface area (Å²) in [6.07, 6.45) is 2.53. The molecular formula is C26H32N2O7. The van der Waals surface area contributed by atoms with Crippen LogP contribution in [0.15, 0.2) is 34.9 Å². The largest absolute Gasteiger partial charge is 0.493 e.